The maximum atomic E-state index is 11.1. The molecule has 2 aromatic heterocycles. The molecule has 0 atom stereocenters. The highest BCUT2D eigenvalue weighted by Crippen LogP contribution is 2.29. The second-order valence-corrected chi connectivity index (χ2v) is 5.80. The third-order valence-corrected chi connectivity index (χ3v) is 4.09. The highest BCUT2D eigenvalue weighted by molar-refractivity contribution is 7.99. The van der Waals surface area contributed by atoms with E-state index >= 15 is 0 Å². The Labute approximate surface area is 130 Å². The van der Waals surface area contributed by atoms with Crippen molar-refractivity contribution < 1.29 is 4.92 Å². The maximum Gasteiger partial charge on any atom is 0.273 e. The van der Waals surface area contributed by atoms with Gasteiger partial charge >= 0.3 is 0 Å². The van der Waals surface area contributed by atoms with Crippen molar-refractivity contribution in [2.75, 3.05) is 5.75 Å². The predicted octanol–water partition coefficient (Wildman–Crippen LogP) is 3.12. The zero-order chi connectivity index (χ0) is 15.7. The van der Waals surface area contributed by atoms with E-state index < -0.39 is 4.92 Å². The summed E-state index contributed by atoms with van der Waals surface area (Å²) in [5, 5.41) is 11.9. The van der Waals surface area contributed by atoms with Crippen LogP contribution in [-0.4, -0.2) is 30.0 Å². The van der Waals surface area contributed by atoms with E-state index in [1.165, 1.54) is 6.07 Å². The van der Waals surface area contributed by atoms with Gasteiger partial charge in [-0.2, -0.15) is 4.98 Å². The van der Waals surface area contributed by atoms with Crippen LogP contribution in [0.1, 0.15) is 12.5 Å². The van der Waals surface area contributed by atoms with Crippen molar-refractivity contribution in [3.8, 4) is 11.4 Å². The Hall–Kier alpha value is -2.48. The predicted molar refractivity (Wildman–Crippen MR) is 84.0 cm³/mol. The van der Waals surface area contributed by atoms with Crippen LogP contribution in [-0.2, 0) is 0 Å². The van der Waals surface area contributed by atoms with Crippen LogP contribution in [0.25, 0.3) is 17.2 Å². The lowest BCUT2D eigenvalue weighted by Gasteiger charge is -2.08. The molecule has 8 heteroatoms. The smallest absolute Gasteiger partial charge is 0.263 e. The Bertz CT molecular complexity index is 862. The summed E-state index contributed by atoms with van der Waals surface area (Å²) >= 11 is 1.57. The van der Waals surface area contributed by atoms with E-state index in [0.29, 0.717) is 22.7 Å². The van der Waals surface area contributed by atoms with Crippen LogP contribution >= 0.6 is 11.8 Å². The van der Waals surface area contributed by atoms with Gasteiger partial charge in [-0.3, -0.25) is 14.5 Å². The van der Waals surface area contributed by atoms with Crippen LogP contribution in [0.5, 0.6) is 0 Å². The van der Waals surface area contributed by atoms with Crippen molar-refractivity contribution in [2.45, 2.75) is 19.0 Å². The van der Waals surface area contributed by atoms with Crippen molar-refractivity contribution in [1.29, 1.82) is 0 Å². The molecule has 0 aliphatic rings. The van der Waals surface area contributed by atoms with E-state index in [1.54, 1.807) is 43.2 Å². The van der Waals surface area contributed by atoms with E-state index in [4.69, 9.17) is 0 Å². The summed E-state index contributed by atoms with van der Waals surface area (Å²) in [7, 11) is 0. The Morgan fingerprint density at radius 2 is 2.18 bits per heavy atom. The number of imidazole rings is 1. The molecule has 7 nitrogen and oxygen atoms in total. The third-order valence-electron chi connectivity index (χ3n) is 3.25. The zero-order valence-corrected chi connectivity index (χ0v) is 12.9. The highest BCUT2D eigenvalue weighted by atomic mass is 32.2. The van der Waals surface area contributed by atoms with Crippen molar-refractivity contribution in [3.63, 3.8) is 0 Å². The largest absolute Gasteiger partial charge is 0.273 e. The molecule has 0 saturated heterocycles. The van der Waals surface area contributed by atoms with Crippen LogP contribution in [0.2, 0.25) is 0 Å². The van der Waals surface area contributed by atoms with Crippen molar-refractivity contribution >= 4 is 23.2 Å². The van der Waals surface area contributed by atoms with Gasteiger partial charge in [-0.15, -0.1) is 0 Å². The fourth-order valence-corrected chi connectivity index (χ4v) is 2.90. The minimum atomic E-state index is -0.394. The van der Waals surface area contributed by atoms with Gasteiger partial charge in [0.15, 0.2) is 11.0 Å². The number of rotatable bonds is 4. The number of hydrogen-bond acceptors (Lipinski definition) is 6. The van der Waals surface area contributed by atoms with Gasteiger partial charge in [-0.25, -0.2) is 9.97 Å². The molecule has 2 heterocycles. The molecule has 0 saturated carbocycles. The molecule has 112 valence electrons. The van der Waals surface area contributed by atoms with Gasteiger partial charge in [0.2, 0.25) is 5.78 Å². The highest BCUT2D eigenvalue weighted by Gasteiger charge is 2.17. The van der Waals surface area contributed by atoms with Gasteiger partial charge in [-0.1, -0.05) is 30.8 Å². The first-order valence-corrected chi connectivity index (χ1v) is 7.68. The molecule has 22 heavy (non-hydrogen) atoms. The molecule has 0 fully saturated rings. The summed E-state index contributed by atoms with van der Waals surface area (Å²) in [4.78, 5) is 23.9. The average Bonchev–Trinajstić information content (AvgIpc) is 2.96. The van der Waals surface area contributed by atoms with Gasteiger partial charge in [0.05, 0.1) is 4.92 Å². The topological polar surface area (TPSA) is 86.2 Å². The molecule has 0 N–H and O–H groups in total. The SMILES string of the molecule is CCSc1nc(-c2cccc([N+](=O)[O-])c2C)nc2nccn12. The Morgan fingerprint density at radius 1 is 1.36 bits per heavy atom. The van der Waals surface area contributed by atoms with E-state index in [-0.39, 0.29) is 5.69 Å². The number of nitrogens with zero attached hydrogens (tertiary/aromatic N) is 5. The normalized spacial score (nSPS) is 11.0. The summed E-state index contributed by atoms with van der Waals surface area (Å²) < 4.78 is 1.81. The molecular formula is C14H13N5O2S. The summed E-state index contributed by atoms with van der Waals surface area (Å²) in [6, 6.07) is 4.91. The molecule has 0 unspecified atom stereocenters. The van der Waals surface area contributed by atoms with Crippen molar-refractivity contribution in [2.24, 2.45) is 0 Å². The number of aromatic nitrogens is 4. The Balaban J connectivity index is 2.22. The quantitative estimate of drug-likeness (QED) is 0.418. The lowest BCUT2D eigenvalue weighted by molar-refractivity contribution is -0.385. The molecule has 0 bridgehead atoms. The number of benzene rings is 1. The first kappa shape index (κ1) is 14.5. The van der Waals surface area contributed by atoms with Crippen molar-refractivity contribution in [1.82, 2.24) is 19.4 Å². The molecule has 3 rings (SSSR count). The molecule has 0 aliphatic heterocycles. The molecule has 0 spiro atoms. The van der Waals surface area contributed by atoms with E-state index in [9.17, 15) is 10.1 Å². The van der Waals surface area contributed by atoms with Crippen LogP contribution in [0.4, 0.5) is 5.69 Å². The van der Waals surface area contributed by atoms with Crippen molar-refractivity contribution in [3.05, 3.63) is 46.3 Å². The lowest BCUT2D eigenvalue weighted by Crippen LogP contribution is -2.02. The second kappa shape index (κ2) is 5.72. The fraction of sp³-hybridized carbons (Fsp3) is 0.214. The van der Waals surface area contributed by atoms with Crippen LogP contribution in [0.15, 0.2) is 35.7 Å². The van der Waals surface area contributed by atoms with Gasteiger partial charge in [-0.05, 0) is 12.7 Å². The number of hydrogen-bond donors (Lipinski definition) is 0. The van der Waals surface area contributed by atoms with Crippen LogP contribution < -0.4 is 0 Å². The van der Waals surface area contributed by atoms with Gasteiger partial charge in [0.25, 0.3) is 5.69 Å². The van der Waals surface area contributed by atoms with E-state index in [2.05, 4.69) is 15.0 Å². The van der Waals surface area contributed by atoms with E-state index in [0.717, 1.165) is 10.9 Å². The van der Waals surface area contributed by atoms with Gasteiger partial charge in [0, 0.05) is 29.6 Å². The first-order valence-electron chi connectivity index (χ1n) is 6.70. The molecular weight excluding hydrogens is 302 g/mol. The summed E-state index contributed by atoms with van der Waals surface area (Å²) in [6.07, 6.45) is 3.46. The standard InChI is InChI=1S/C14H13N5O2S/c1-3-22-14-17-12(16-13-15-7-8-18(13)14)10-5-4-6-11(9(10)2)19(20)21/h4-8H,3H2,1-2H3. The second-order valence-electron chi connectivity index (χ2n) is 4.57. The molecule has 1 aromatic carbocycles. The third kappa shape index (κ3) is 2.41. The Kier molecular flexibility index (Phi) is 3.76. The number of fused-ring (bicyclic) bond motifs is 1. The van der Waals surface area contributed by atoms with Crippen LogP contribution in [0.3, 0.4) is 0 Å². The average molecular weight is 315 g/mol. The maximum absolute atomic E-state index is 11.1. The monoisotopic (exact) mass is 315 g/mol. The summed E-state index contributed by atoms with van der Waals surface area (Å²) in [5.74, 6) is 1.85. The minimum absolute atomic E-state index is 0.0639. The Morgan fingerprint density at radius 3 is 2.91 bits per heavy atom. The molecule has 3 aromatic rings. The number of nitro benzene ring substituents is 1. The number of nitro groups is 1. The lowest BCUT2D eigenvalue weighted by atomic mass is 10.1. The first-order chi connectivity index (χ1) is 10.6. The number of thioether (sulfide) groups is 1. The van der Waals surface area contributed by atoms with Gasteiger partial charge in [0.1, 0.15) is 0 Å². The molecule has 0 amide bonds. The van der Waals surface area contributed by atoms with Crippen LogP contribution in [0, 0.1) is 17.0 Å². The van der Waals surface area contributed by atoms with Gasteiger partial charge < -0.3 is 0 Å². The summed E-state index contributed by atoms with van der Waals surface area (Å²) in [5.41, 5.74) is 1.27. The molecule has 0 aliphatic carbocycles. The summed E-state index contributed by atoms with van der Waals surface area (Å²) in [6.45, 7) is 3.74. The minimum Gasteiger partial charge on any atom is -0.263 e. The van der Waals surface area contributed by atoms with E-state index in [1.807, 2.05) is 11.3 Å². The zero-order valence-electron chi connectivity index (χ0n) is 12.1. The molecule has 0 radical (unpaired) electrons. The fourth-order valence-electron chi connectivity index (χ4n) is 2.21.